The molecule has 2 amide bonds. The van der Waals surface area contributed by atoms with Crippen LogP contribution in [0.1, 0.15) is 26.3 Å². The van der Waals surface area contributed by atoms with Gasteiger partial charge < -0.3 is 15.4 Å². The van der Waals surface area contributed by atoms with Crippen molar-refractivity contribution in [3.05, 3.63) is 89.5 Å². The predicted octanol–water partition coefficient (Wildman–Crippen LogP) is 5.22. The van der Waals surface area contributed by atoms with Gasteiger partial charge in [0.2, 0.25) is 0 Å². The van der Waals surface area contributed by atoms with Gasteiger partial charge >= 0.3 is 6.18 Å². The van der Waals surface area contributed by atoms with Crippen molar-refractivity contribution in [3.63, 3.8) is 0 Å². The summed E-state index contributed by atoms with van der Waals surface area (Å²) in [4.78, 5) is 24.7. The Morgan fingerprint density at radius 1 is 0.800 bits per heavy atom. The summed E-state index contributed by atoms with van der Waals surface area (Å²) in [5.74, 6) is -0.799. The number of carbonyl (C=O) groups is 2. The van der Waals surface area contributed by atoms with Crippen molar-refractivity contribution < 1.29 is 27.5 Å². The summed E-state index contributed by atoms with van der Waals surface area (Å²) >= 11 is 0. The normalized spacial score (nSPS) is 10.9. The topological polar surface area (TPSA) is 67.4 Å². The summed E-state index contributed by atoms with van der Waals surface area (Å²) < 4.78 is 44.4. The fourth-order valence-electron chi connectivity index (χ4n) is 2.77. The van der Waals surface area contributed by atoms with Crippen molar-refractivity contribution >= 4 is 23.2 Å². The lowest BCUT2D eigenvalue weighted by Gasteiger charge is -2.13. The minimum absolute atomic E-state index is 0.255. The highest BCUT2D eigenvalue weighted by molar-refractivity contribution is 6.07. The Hall–Kier alpha value is -3.81. The van der Waals surface area contributed by atoms with Gasteiger partial charge in [-0.3, -0.25) is 9.59 Å². The number of ether oxygens (including phenoxy) is 1. The van der Waals surface area contributed by atoms with E-state index in [4.69, 9.17) is 4.74 Å². The highest BCUT2D eigenvalue weighted by Gasteiger charge is 2.34. The van der Waals surface area contributed by atoms with Crippen LogP contribution in [0, 0.1) is 0 Å². The van der Waals surface area contributed by atoms with Gasteiger partial charge in [-0.05, 0) is 48.5 Å². The first-order chi connectivity index (χ1) is 14.3. The van der Waals surface area contributed by atoms with Gasteiger partial charge in [-0.15, -0.1) is 0 Å². The van der Waals surface area contributed by atoms with Gasteiger partial charge in [0.05, 0.1) is 23.9 Å². The average Bonchev–Trinajstić information content (AvgIpc) is 2.74. The Kier molecular flexibility index (Phi) is 6.06. The lowest BCUT2D eigenvalue weighted by atomic mass is 10.1. The van der Waals surface area contributed by atoms with Crippen LogP contribution in [0.4, 0.5) is 24.5 Å². The third kappa shape index (κ3) is 4.78. The molecular formula is C22H17F3N2O3. The summed E-state index contributed by atoms with van der Waals surface area (Å²) in [6, 6.07) is 17.2. The van der Waals surface area contributed by atoms with Crippen LogP contribution in [-0.4, -0.2) is 18.9 Å². The number of para-hydroxylation sites is 2. The lowest BCUT2D eigenvalue weighted by Crippen LogP contribution is -2.18. The van der Waals surface area contributed by atoms with Gasteiger partial charge in [0.15, 0.2) is 0 Å². The Bertz CT molecular complexity index is 1060. The van der Waals surface area contributed by atoms with E-state index in [-0.39, 0.29) is 5.69 Å². The van der Waals surface area contributed by atoms with Crippen LogP contribution in [0.2, 0.25) is 0 Å². The second-order valence-corrected chi connectivity index (χ2v) is 6.23. The summed E-state index contributed by atoms with van der Waals surface area (Å²) in [7, 11) is 1.49. The quantitative estimate of drug-likeness (QED) is 0.602. The minimum atomic E-state index is -4.64. The van der Waals surface area contributed by atoms with Gasteiger partial charge in [-0.25, -0.2) is 0 Å². The molecule has 3 rings (SSSR count). The molecule has 0 saturated heterocycles. The number of anilines is 2. The third-order valence-corrected chi connectivity index (χ3v) is 4.24. The standard InChI is InChI=1S/C22H17F3N2O3/c1-30-19-9-5-4-8-18(19)27-20(28)14-10-12-15(13-11-14)26-21(29)16-6-2-3-7-17(16)22(23,24)25/h2-13H,1H3,(H,26,29)(H,27,28). The van der Waals surface area contributed by atoms with E-state index in [1.807, 2.05) is 0 Å². The maximum Gasteiger partial charge on any atom is 0.417 e. The van der Waals surface area contributed by atoms with E-state index in [0.717, 1.165) is 12.1 Å². The molecule has 3 aromatic rings. The van der Waals surface area contributed by atoms with Crippen LogP contribution >= 0.6 is 0 Å². The number of nitrogens with one attached hydrogen (secondary N) is 2. The largest absolute Gasteiger partial charge is 0.495 e. The summed E-state index contributed by atoms with van der Waals surface area (Å²) in [5, 5.41) is 5.13. The molecule has 8 heteroatoms. The molecule has 30 heavy (non-hydrogen) atoms. The van der Waals surface area contributed by atoms with Crippen molar-refractivity contribution in [2.24, 2.45) is 0 Å². The maximum atomic E-state index is 13.1. The molecule has 2 N–H and O–H groups in total. The van der Waals surface area contributed by atoms with Gasteiger partial charge in [0.25, 0.3) is 11.8 Å². The monoisotopic (exact) mass is 414 g/mol. The molecule has 5 nitrogen and oxygen atoms in total. The molecule has 0 radical (unpaired) electrons. The van der Waals surface area contributed by atoms with E-state index in [0.29, 0.717) is 17.0 Å². The number of hydrogen-bond donors (Lipinski definition) is 2. The van der Waals surface area contributed by atoms with Crippen LogP contribution in [0.5, 0.6) is 5.75 Å². The first-order valence-electron chi connectivity index (χ1n) is 8.81. The molecular weight excluding hydrogens is 397 g/mol. The lowest BCUT2D eigenvalue weighted by molar-refractivity contribution is -0.137. The molecule has 0 unspecified atom stereocenters. The van der Waals surface area contributed by atoms with Crippen molar-refractivity contribution in [3.8, 4) is 5.75 Å². The average molecular weight is 414 g/mol. The van der Waals surface area contributed by atoms with Crippen LogP contribution in [0.3, 0.4) is 0 Å². The van der Waals surface area contributed by atoms with Crippen LogP contribution in [-0.2, 0) is 6.18 Å². The molecule has 0 aliphatic heterocycles. The first kappa shape index (κ1) is 20.9. The molecule has 0 saturated carbocycles. The zero-order chi connectivity index (χ0) is 21.7. The van der Waals surface area contributed by atoms with Gasteiger partial charge in [0.1, 0.15) is 5.75 Å². The SMILES string of the molecule is COc1ccccc1NC(=O)c1ccc(NC(=O)c2ccccc2C(F)(F)F)cc1. The van der Waals surface area contributed by atoms with E-state index < -0.39 is 29.1 Å². The molecule has 3 aromatic carbocycles. The molecule has 0 atom stereocenters. The first-order valence-corrected chi connectivity index (χ1v) is 8.81. The Morgan fingerprint density at radius 2 is 1.43 bits per heavy atom. The molecule has 0 aliphatic carbocycles. The van der Waals surface area contributed by atoms with Gasteiger partial charge in [0, 0.05) is 11.3 Å². The highest BCUT2D eigenvalue weighted by atomic mass is 19.4. The third-order valence-electron chi connectivity index (χ3n) is 4.24. The maximum absolute atomic E-state index is 13.1. The number of halogens is 3. The number of methoxy groups -OCH3 is 1. The molecule has 0 spiro atoms. The van der Waals surface area contributed by atoms with Crippen molar-refractivity contribution in [1.82, 2.24) is 0 Å². The Balaban J connectivity index is 1.72. The Labute approximate surface area is 170 Å². The summed E-state index contributed by atoms with van der Waals surface area (Å²) in [6.45, 7) is 0. The van der Waals surface area contributed by atoms with Crippen molar-refractivity contribution in [2.45, 2.75) is 6.18 Å². The molecule has 0 fully saturated rings. The number of alkyl halides is 3. The van der Waals surface area contributed by atoms with E-state index in [2.05, 4.69) is 10.6 Å². The second-order valence-electron chi connectivity index (χ2n) is 6.23. The fraction of sp³-hybridized carbons (Fsp3) is 0.0909. The summed E-state index contributed by atoms with van der Waals surface area (Å²) in [5.41, 5.74) is -0.454. The van der Waals surface area contributed by atoms with E-state index in [9.17, 15) is 22.8 Å². The zero-order valence-electron chi connectivity index (χ0n) is 15.8. The highest BCUT2D eigenvalue weighted by Crippen LogP contribution is 2.32. The van der Waals surface area contributed by atoms with E-state index in [1.54, 1.807) is 24.3 Å². The number of amides is 2. The number of benzene rings is 3. The smallest absolute Gasteiger partial charge is 0.417 e. The summed E-state index contributed by atoms with van der Waals surface area (Å²) in [6.07, 6.45) is -4.64. The number of rotatable bonds is 5. The zero-order valence-corrected chi connectivity index (χ0v) is 15.8. The van der Waals surface area contributed by atoms with Crippen molar-refractivity contribution in [2.75, 3.05) is 17.7 Å². The van der Waals surface area contributed by atoms with E-state index >= 15 is 0 Å². The predicted molar refractivity (Wildman–Crippen MR) is 107 cm³/mol. The molecule has 0 heterocycles. The van der Waals surface area contributed by atoms with Crippen LogP contribution in [0.15, 0.2) is 72.8 Å². The Morgan fingerprint density at radius 3 is 2.10 bits per heavy atom. The minimum Gasteiger partial charge on any atom is -0.495 e. The molecule has 0 bridgehead atoms. The number of hydrogen-bond acceptors (Lipinski definition) is 3. The second kappa shape index (κ2) is 8.69. The van der Waals surface area contributed by atoms with Gasteiger partial charge in [-0.1, -0.05) is 24.3 Å². The van der Waals surface area contributed by atoms with E-state index in [1.165, 1.54) is 43.5 Å². The fourth-order valence-corrected chi connectivity index (χ4v) is 2.77. The van der Waals surface area contributed by atoms with Gasteiger partial charge in [-0.2, -0.15) is 13.2 Å². The van der Waals surface area contributed by atoms with Crippen LogP contribution < -0.4 is 15.4 Å². The van der Waals surface area contributed by atoms with Crippen molar-refractivity contribution in [1.29, 1.82) is 0 Å². The van der Waals surface area contributed by atoms with Crippen LogP contribution in [0.25, 0.3) is 0 Å². The number of carbonyl (C=O) groups excluding carboxylic acids is 2. The molecule has 0 aromatic heterocycles. The molecule has 0 aliphatic rings. The molecule has 154 valence electrons.